The molecular weight excluding hydrogens is 270 g/mol. The average Bonchev–Trinajstić information content (AvgIpc) is 2.38. The van der Waals surface area contributed by atoms with Gasteiger partial charge in [0.05, 0.1) is 5.92 Å². The highest BCUT2D eigenvalue weighted by molar-refractivity contribution is 5.75. The lowest BCUT2D eigenvalue weighted by atomic mass is 10.2. The smallest absolute Gasteiger partial charge is 0.317 e. The summed E-state index contributed by atoms with van der Waals surface area (Å²) < 4.78 is 0. The molecule has 0 aliphatic carbocycles. The van der Waals surface area contributed by atoms with Crippen molar-refractivity contribution in [3.05, 3.63) is 0 Å². The second-order valence-corrected chi connectivity index (χ2v) is 5.94. The molecule has 0 fully saturated rings. The number of rotatable bonds is 9. The van der Waals surface area contributed by atoms with Crippen molar-refractivity contribution < 1.29 is 14.7 Å². The van der Waals surface area contributed by atoms with Crippen molar-refractivity contribution in [2.24, 2.45) is 5.92 Å². The molecule has 1 atom stereocenters. The third kappa shape index (κ3) is 7.32. The maximum absolute atomic E-state index is 12.1. The van der Waals surface area contributed by atoms with Crippen LogP contribution in [0.15, 0.2) is 0 Å². The summed E-state index contributed by atoms with van der Waals surface area (Å²) in [6.07, 6.45) is 0. The number of nitrogens with zero attached hydrogens (tertiary/aromatic N) is 2. The van der Waals surface area contributed by atoms with E-state index in [4.69, 9.17) is 5.11 Å². The second-order valence-electron chi connectivity index (χ2n) is 5.94. The van der Waals surface area contributed by atoms with Crippen LogP contribution in [0.25, 0.3) is 0 Å². The Kier molecular flexibility index (Phi) is 9.01. The predicted molar refractivity (Wildman–Crippen MR) is 84.4 cm³/mol. The van der Waals surface area contributed by atoms with Crippen LogP contribution in [0.4, 0.5) is 4.79 Å². The lowest BCUT2D eigenvalue weighted by Crippen LogP contribution is -2.47. The lowest BCUT2D eigenvalue weighted by molar-refractivity contribution is -0.141. The molecule has 0 bridgehead atoms. The van der Waals surface area contributed by atoms with Crippen molar-refractivity contribution >= 4 is 12.0 Å². The molecule has 0 aliphatic rings. The van der Waals surface area contributed by atoms with E-state index in [-0.39, 0.29) is 12.6 Å². The minimum Gasteiger partial charge on any atom is -0.481 e. The van der Waals surface area contributed by atoms with Crippen molar-refractivity contribution in [3.63, 3.8) is 0 Å². The maximum Gasteiger partial charge on any atom is 0.317 e. The van der Waals surface area contributed by atoms with Crippen LogP contribution in [-0.4, -0.2) is 65.2 Å². The Bertz CT molecular complexity index is 324. The molecule has 0 aliphatic heterocycles. The molecule has 21 heavy (non-hydrogen) atoms. The SMILES string of the molecule is CCN(CC(C)C(=O)O)C(=O)NCCN(C(C)C)C(C)C. The van der Waals surface area contributed by atoms with E-state index in [1.165, 1.54) is 4.90 Å². The quantitative estimate of drug-likeness (QED) is 0.682. The summed E-state index contributed by atoms with van der Waals surface area (Å²) in [6.45, 7) is 14.1. The van der Waals surface area contributed by atoms with Crippen molar-refractivity contribution in [3.8, 4) is 0 Å². The fraction of sp³-hybridized carbons (Fsp3) is 0.867. The van der Waals surface area contributed by atoms with Crippen LogP contribution in [0.1, 0.15) is 41.5 Å². The number of nitrogens with one attached hydrogen (secondary N) is 1. The second kappa shape index (κ2) is 9.60. The predicted octanol–water partition coefficient (Wildman–Crippen LogP) is 1.86. The zero-order valence-corrected chi connectivity index (χ0v) is 14.2. The van der Waals surface area contributed by atoms with Gasteiger partial charge in [-0.3, -0.25) is 9.69 Å². The summed E-state index contributed by atoms with van der Waals surface area (Å²) >= 11 is 0. The molecule has 0 aromatic rings. The number of carboxylic acids is 1. The Morgan fingerprint density at radius 1 is 1.10 bits per heavy atom. The van der Waals surface area contributed by atoms with Gasteiger partial charge in [0.25, 0.3) is 0 Å². The van der Waals surface area contributed by atoms with E-state index in [0.29, 0.717) is 25.2 Å². The fourth-order valence-electron chi connectivity index (χ4n) is 2.28. The summed E-state index contributed by atoms with van der Waals surface area (Å²) in [5.41, 5.74) is 0. The van der Waals surface area contributed by atoms with Crippen LogP contribution in [0, 0.1) is 5.92 Å². The molecule has 2 N–H and O–H groups in total. The largest absolute Gasteiger partial charge is 0.481 e. The molecule has 0 spiro atoms. The monoisotopic (exact) mass is 301 g/mol. The highest BCUT2D eigenvalue weighted by Gasteiger charge is 2.19. The topological polar surface area (TPSA) is 72.9 Å². The first-order chi connectivity index (χ1) is 9.70. The number of carboxylic acid groups (broad SMARTS) is 1. The third-order valence-corrected chi connectivity index (χ3v) is 3.56. The van der Waals surface area contributed by atoms with Crippen molar-refractivity contribution in [2.45, 2.75) is 53.6 Å². The molecule has 0 aromatic carbocycles. The molecule has 6 nitrogen and oxygen atoms in total. The zero-order chi connectivity index (χ0) is 16.6. The number of amides is 2. The highest BCUT2D eigenvalue weighted by Crippen LogP contribution is 2.04. The maximum atomic E-state index is 12.1. The van der Waals surface area contributed by atoms with E-state index in [0.717, 1.165) is 6.54 Å². The molecule has 1 unspecified atom stereocenters. The van der Waals surface area contributed by atoms with Crippen molar-refractivity contribution in [1.29, 1.82) is 0 Å². The van der Waals surface area contributed by atoms with Crippen LogP contribution >= 0.6 is 0 Å². The van der Waals surface area contributed by atoms with E-state index >= 15 is 0 Å². The van der Waals surface area contributed by atoms with Crippen LogP contribution in [0.2, 0.25) is 0 Å². The molecule has 0 aromatic heterocycles. The number of carbonyl (C=O) groups is 2. The average molecular weight is 301 g/mol. The highest BCUT2D eigenvalue weighted by atomic mass is 16.4. The number of urea groups is 1. The summed E-state index contributed by atoms with van der Waals surface area (Å²) in [5, 5.41) is 11.8. The zero-order valence-electron chi connectivity index (χ0n) is 14.2. The van der Waals surface area contributed by atoms with Gasteiger partial charge >= 0.3 is 12.0 Å². The third-order valence-electron chi connectivity index (χ3n) is 3.56. The Morgan fingerprint density at radius 2 is 1.62 bits per heavy atom. The number of carbonyl (C=O) groups excluding carboxylic acids is 1. The van der Waals surface area contributed by atoms with Gasteiger partial charge in [0.1, 0.15) is 0 Å². The van der Waals surface area contributed by atoms with Gasteiger partial charge in [0.15, 0.2) is 0 Å². The first-order valence-electron chi connectivity index (χ1n) is 7.71. The van der Waals surface area contributed by atoms with Gasteiger partial charge in [0.2, 0.25) is 0 Å². The number of hydrogen-bond donors (Lipinski definition) is 2. The Hall–Kier alpha value is -1.30. The van der Waals surface area contributed by atoms with Gasteiger partial charge in [-0.15, -0.1) is 0 Å². The standard InChI is InChI=1S/C15H31N3O3/c1-7-17(10-13(6)14(19)20)15(21)16-8-9-18(11(2)3)12(4)5/h11-13H,7-10H2,1-6H3,(H,16,21)(H,19,20). The fourth-order valence-corrected chi connectivity index (χ4v) is 2.28. The van der Waals surface area contributed by atoms with Crippen LogP contribution < -0.4 is 5.32 Å². The summed E-state index contributed by atoms with van der Waals surface area (Å²) in [7, 11) is 0. The first-order valence-corrected chi connectivity index (χ1v) is 7.71. The van der Waals surface area contributed by atoms with E-state index < -0.39 is 11.9 Å². The molecule has 0 rings (SSSR count). The van der Waals surface area contributed by atoms with Crippen molar-refractivity contribution in [2.75, 3.05) is 26.2 Å². The van der Waals surface area contributed by atoms with Gasteiger partial charge in [0, 0.05) is 38.3 Å². The van der Waals surface area contributed by atoms with Crippen molar-refractivity contribution in [1.82, 2.24) is 15.1 Å². The number of aliphatic carboxylic acids is 1. The minimum atomic E-state index is -0.882. The first kappa shape index (κ1) is 19.7. The molecular formula is C15H31N3O3. The van der Waals surface area contributed by atoms with Gasteiger partial charge in [-0.2, -0.15) is 0 Å². The lowest BCUT2D eigenvalue weighted by Gasteiger charge is -2.31. The Labute approximate surface area is 128 Å². The normalized spacial score (nSPS) is 12.8. The molecule has 0 saturated heterocycles. The Morgan fingerprint density at radius 3 is 2.00 bits per heavy atom. The van der Waals surface area contributed by atoms with Gasteiger partial charge in [-0.05, 0) is 34.6 Å². The molecule has 6 heteroatoms. The van der Waals surface area contributed by atoms with E-state index in [1.807, 2.05) is 6.92 Å². The molecule has 124 valence electrons. The van der Waals surface area contributed by atoms with Crippen LogP contribution in [0.5, 0.6) is 0 Å². The molecule has 0 radical (unpaired) electrons. The molecule has 0 heterocycles. The van der Waals surface area contributed by atoms with E-state index in [1.54, 1.807) is 6.92 Å². The summed E-state index contributed by atoms with van der Waals surface area (Å²) in [6, 6.07) is 0.658. The van der Waals surface area contributed by atoms with Gasteiger partial charge in [-0.1, -0.05) is 6.92 Å². The van der Waals surface area contributed by atoms with Crippen LogP contribution in [0.3, 0.4) is 0 Å². The van der Waals surface area contributed by atoms with E-state index in [9.17, 15) is 9.59 Å². The minimum absolute atomic E-state index is 0.196. The number of hydrogen-bond acceptors (Lipinski definition) is 3. The van der Waals surface area contributed by atoms with Gasteiger partial charge in [-0.25, -0.2) is 4.79 Å². The summed E-state index contributed by atoms with van der Waals surface area (Å²) in [5.74, 6) is -1.44. The van der Waals surface area contributed by atoms with E-state index in [2.05, 4.69) is 37.9 Å². The Balaban J connectivity index is 4.30. The molecule has 0 saturated carbocycles. The molecule has 2 amide bonds. The van der Waals surface area contributed by atoms with Gasteiger partial charge < -0.3 is 15.3 Å². The summed E-state index contributed by atoms with van der Waals surface area (Å²) in [4.78, 5) is 26.8. The van der Waals surface area contributed by atoms with Crippen LogP contribution in [-0.2, 0) is 4.79 Å².